The van der Waals surface area contributed by atoms with Crippen LogP contribution >= 0.6 is 0 Å². The van der Waals surface area contributed by atoms with E-state index >= 15 is 0 Å². The Morgan fingerprint density at radius 2 is 1.37 bits per heavy atom. The zero-order chi connectivity index (χ0) is 21.9. The van der Waals surface area contributed by atoms with Gasteiger partial charge in [0.1, 0.15) is 0 Å². The van der Waals surface area contributed by atoms with Crippen LogP contribution in [0.3, 0.4) is 0 Å². The molecule has 2 aliphatic rings. The summed E-state index contributed by atoms with van der Waals surface area (Å²) in [6, 6.07) is 0. The predicted molar refractivity (Wildman–Crippen MR) is 129 cm³/mol. The quantitative estimate of drug-likeness (QED) is 0.250. The van der Waals surface area contributed by atoms with Gasteiger partial charge in [-0.1, -0.05) is 71.3 Å². The molecular weight excluding hydrogens is 368 g/mol. The van der Waals surface area contributed by atoms with E-state index < -0.39 is 0 Å². The minimum Gasteiger partial charge on any atom is -0.493 e. The average Bonchev–Trinajstić information content (AvgIpc) is 2.77. The van der Waals surface area contributed by atoms with Gasteiger partial charge >= 0.3 is 0 Å². The first-order valence-electron chi connectivity index (χ1n) is 12.4. The van der Waals surface area contributed by atoms with Gasteiger partial charge in [0.15, 0.2) is 11.5 Å². The summed E-state index contributed by atoms with van der Waals surface area (Å²) >= 11 is 0. The summed E-state index contributed by atoms with van der Waals surface area (Å²) in [6.07, 6.45) is 20.6. The summed E-state index contributed by atoms with van der Waals surface area (Å²) in [6.45, 7) is 12.9. The lowest BCUT2D eigenvalue weighted by atomic mass is 9.68. The molecule has 0 radical (unpaired) electrons. The fourth-order valence-corrected chi connectivity index (χ4v) is 5.68. The Bertz CT molecular complexity index is 596. The van der Waals surface area contributed by atoms with Gasteiger partial charge < -0.3 is 9.47 Å². The van der Waals surface area contributed by atoms with Gasteiger partial charge in [-0.05, 0) is 74.2 Å². The minimum absolute atomic E-state index is 0.664. The fourth-order valence-electron chi connectivity index (χ4n) is 5.68. The molecule has 170 valence electrons. The van der Waals surface area contributed by atoms with Crippen molar-refractivity contribution in [3.05, 3.63) is 48.0 Å². The van der Waals surface area contributed by atoms with Crippen LogP contribution in [0, 0.1) is 23.7 Å². The molecule has 30 heavy (non-hydrogen) atoms. The van der Waals surface area contributed by atoms with Crippen molar-refractivity contribution in [1.29, 1.82) is 0 Å². The Hall–Kier alpha value is -1.44. The van der Waals surface area contributed by atoms with Gasteiger partial charge in [0.25, 0.3) is 0 Å². The van der Waals surface area contributed by atoms with Crippen LogP contribution in [-0.4, -0.2) is 14.2 Å². The molecule has 0 unspecified atom stereocenters. The van der Waals surface area contributed by atoms with E-state index in [4.69, 9.17) is 9.47 Å². The van der Waals surface area contributed by atoms with Gasteiger partial charge in [-0.15, -0.1) is 0 Å². The Morgan fingerprint density at radius 3 is 1.87 bits per heavy atom. The first-order valence-corrected chi connectivity index (χ1v) is 12.4. The molecule has 0 aliphatic heterocycles. The summed E-state index contributed by atoms with van der Waals surface area (Å²) < 4.78 is 11.2. The molecule has 2 nitrogen and oxygen atoms in total. The highest BCUT2D eigenvalue weighted by Gasteiger charge is 2.30. The molecule has 0 spiro atoms. The Labute approximate surface area is 186 Å². The third-order valence-corrected chi connectivity index (χ3v) is 7.42. The van der Waals surface area contributed by atoms with E-state index in [9.17, 15) is 0 Å². The van der Waals surface area contributed by atoms with Crippen molar-refractivity contribution in [2.24, 2.45) is 23.7 Å². The van der Waals surface area contributed by atoms with Gasteiger partial charge in [0.05, 0.1) is 14.2 Å². The number of hydrogen-bond acceptors (Lipinski definition) is 2. The largest absolute Gasteiger partial charge is 0.493 e. The smallest absolute Gasteiger partial charge is 0.167 e. The van der Waals surface area contributed by atoms with Crippen molar-refractivity contribution in [3.8, 4) is 0 Å². The number of ether oxygens (including phenoxy) is 2. The maximum atomic E-state index is 5.64. The fraction of sp³-hybridized carbons (Fsp3) is 0.714. The Kier molecular flexibility index (Phi) is 10.8. The minimum atomic E-state index is 0.664. The molecule has 2 heteroatoms. The maximum Gasteiger partial charge on any atom is 0.167 e. The molecule has 0 aromatic carbocycles. The van der Waals surface area contributed by atoms with Crippen LogP contribution in [-0.2, 0) is 9.47 Å². The van der Waals surface area contributed by atoms with Crippen LogP contribution in [0.15, 0.2) is 48.0 Å². The van der Waals surface area contributed by atoms with E-state index in [0.717, 1.165) is 47.5 Å². The third-order valence-electron chi connectivity index (χ3n) is 7.42. The SMILES string of the molecule is C=C(/C=C/C1CCC(C2CCC(CCC)CC2)CC1)/C(OC)=C(/OC)C(=C)CCC. The summed E-state index contributed by atoms with van der Waals surface area (Å²) in [5.74, 6) is 5.09. The number of methoxy groups -OCH3 is 2. The molecule has 2 aliphatic carbocycles. The Morgan fingerprint density at radius 1 is 0.800 bits per heavy atom. The monoisotopic (exact) mass is 414 g/mol. The van der Waals surface area contributed by atoms with E-state index in [1.54, 1.807) is 14.2 Å². The van der Waals surface area contributed by atoms with Crippen molar-refractivity contribution in [2.75, 3.05) is 14.2 Å². The molecule has 2 rings (SSSR count). The molecule has 0 atom stereocenters. The summed E-state index contributed by atoms with van der Waals surface area (Å²) in [4.78, 5) is 0. The molecule has 0 amide bonds. The highest BCUT2D eigenvalue weighted by molar-refractivity contribution is 5.41. The van der Waals surface area contributed by atoms with E-state index in [0.29, 0.717) is 11.7 Å². The van der Waals surface area contributed by atoms with Crippen molar-refractivity contribution in [2.45, 2.75) is 90.9 Å². The molecule has 0 bridgehead atoms. The second kappa shape index (κ2) is 13.1. The van der Waals surface area contributed by atoms with Crippen LogP contribution in [0.5, 0.6) is 0 Å². The van der Waals surface area contributed by atoms with Crippen molar-refractivity contribution < 1.29 is 9.47 Å². The predicted octanol–water partition coefficient (Wildman–Crippen LogP) is 8.37. The second-order valence-corrected chi connectivity index (χ2v) is 9.55. The van der Waals surface area contributed by atoms with Crippen LogP contribution in [0.2, 0.25) is 0 Å². The summed E-state index contributed by atoms with van der Waals surface area (Å²) in [5.41, 5.74) is 1.85. The summed E-state index contributed by atoms with van der Waals surface area (Å²) in [5, 5.41) is 0. The van der Waals surface area contributed by atoms with E-state index in [1.807, 2.05) is 0 Å². The highest BCUT2D eigenvalue weighted by Crippen LogP contribution is 2.42. The molecule has 2 saturated carbocycles. The lowest BCUT2D eigenvalue weighted by Gasteiger charge is -2.37. The van der Waals surface area contributed by atoms with Crippen LogP contribution < -0.4 is 0 Å². The second-order valence-electron chi connectivity index (χ2n) is 9.55. The standard InChI is InChI=1S/C28H46O2/c1-7-9-21(3)27(29-5)28(30-6)22(4)11-12-24-15-19-26(20-16-24)25-17-13-23(10-8-2)14-18-25/h11-12,23-26H,3-4,7-10,13-20H2,1-2,5-6H3/b12-11+,28-27-. The van der Waals surface area contributed by atoms with Crippen LogP contribution in [0.4, 0.5) is 0 Å². The van der Waals surface area contributed by atoms with E-state index in [1.165, 1.54) is 64.2 Å². The van der Waals surface area contributed by atoms with Crippen LogP contribution in [0.25, 0.3) is 0 Å². The van der Waals surface area contributed by atoms with Gasteiger partial charge in [-0.25, -0.2) is 0 Å². The van der Waals surface area contributed by atoms with Crippen molar-refractivity contribution in [3.63, 3.8) is 0 Å². The topological polar surface area (TPSA) is 18.5 Å². The molecule has 0 N–H and O–H groups in total. The molecule has 0 heterocycles. The first-order chi connectivity index (χ1) is 14.5. The Balaban J connectivity index is 1.86. The van der Waals surface area contributed by atoms with E-state index in [2.05, 4.69) is 39.2 Å². The van der Waals surface area contributed by atoms with Crippen LogP contribution in [0.1, 0.15) is 90.9 Å². The average molecular weight is 415 g/mol. The molecular formula is C28H46O2. The molecule has 0 aromatic rings. The number of allylic oxidation sites excluding steroid dienone is 3. The normalized spacial score (nSPS) is 28.1. The molecule has 0 aromatic heterocycles. The van der Waals surface area contributed by atoms with Gasteiger partial charge in [-0.2, -0.15) is 0 Å². The highest BCUT2D eigenvalue weighted by atomic mass is 16.5. The maximum absolute atomic E-state index is 5.64. The number of rotatable bonds is 11. The summed E-state index contributed by atoms with van der Waals surface area (Å²) in [7, 11) is 3.37. The lowest BCUT2D eigenvalue weighted by Crippen LogP contribution is -2.25. The third kappa shape index (κ3) is 7.06. The van der Waals surface area contributed by atoms with Crippen molar-refractivity contribution in [1.82, 2.24) is 0 Å². The van der Waals surface area contributed by atoms with Gasteiger partial charge in [0, 0.05) is 5.57 Å². The molecule has 0 saturated heterocycles. The first kappa shape index (κ1) is 24.8. The lowest BCUT2D eigenvalue weighted by molar-refractivity contribution is 0.152. The zero-order valence-corrected chi connectivity index (χ0v) is 20.2. The van der Waals surface area contributed by atoms with Crippen molar-refractivity contribution >= 4 is 0 Å². The van der Waals surface area contributed by atoms with E-state index in [-0.39, 0.29) is 0 Å². The zero-order valence-electron chi connectivity index (χ0n) is 20.2. The molecule has 2 fully saturated rings. The van der Waals surface area contributed by atoms with Gasteiger partial charge in [-0.3, -0.25) is 0 Å². The number of hydrogen-bond donors (Lipinski definition) is 0. The van der Waals surface area contributed by atoms with Gasteiger partial charge in [0.2, 0.25) is 0 Å².